The number of morpholine rings is 1. The molecule has 0 aliphatic carbocycles. The monoisotopic (exact) mass is 453 g/mol. The number of hydrogen-bond donors (Lipinski definition) is 2. The maximum Gasteiger partial charge on any atom is 0.321 e. The molecule has 3 rings (SSSR count). The van der Waals surface area contributed by atoms with Gasteiger partial charge in [-0.15, -0.1) is 0 Å². The zero-order chi connectivity index (χ0) is 21.7. The lowest BCUT2D eigenvalue weighted by Crippen LogP contribution is -2.40. The first kappa shape index (κ1) is 22.4. The predicted molar refractivity (Wildman–Crippen MR) is 115 cm³/mol. The van der Waals surface area contributed by atoms with Crippen molar-refractivity contribution in [2.75, 3.05) is 38.4 Å². The van der Waals surface area contributed by atoms with Crippen molar-refractivity contribution in [2.45, 2.75) is 18.7 Å². The van der Waals surface area contributed by atoms with E-state index in [2.05, 4.69) is 10.6 Å². The molecule has 0 bridgehead atoms. The molecule has 1 aliphatic rings. The highest BCUT2D eigenvalue weighted by Crippen LogP contribution is 2.27. The van der Waals surface area contributed by atoms with E-state index in [1.807, 2.05) is 32.0 Å². The molecule has 2 N–H and O–H groups in total. The molecule has 30 heavy (non-hydrogen) atoms. The molecule has 1 fully saturated rings. The lowest BCUT2D eigenvalue weighted by Gasteiger charge is -2.26. The van der Waals surface area contributed by atoms with E-state index in [0.717, 1.165) is 11.1 Å². The van der Waals surface area contributed by atoms with E-state index in [1.54, 1.807) is 0 Å². The van der Waals surface area contributed by atoms with Crippen LogP contribution in [-0.4, -0.2) is 51.8 Å². The molecule has 0 radical (unpaired) electrons. The lowest BCUT2D eigenvalue weighted by atomic mass is 10.1. The summed E-state index contributed by atoms with van der Waals surface area (Å²) in [5.41, 5.74) is 2.42. The maximum atomic E-state index is 12.8. The molecule has 1 heterocycles. The highest BCUT2D eigenvalue weighted by molar-refractivity contribution is 7.89. The molecule has 2 aromatic carbocycles. The standard InChI is InChI=1S/C20H24ClN3O5S/c1-14-3-4-16(11-15(14)2)29-13-22-20(25)23-19-12-17(5-6-18(19)21)30(26,27)24-7-9-28-10-8-24/h3-6,11-12H,7-10,13H2,1-2H3,(H2,22,23,25). The smallest absolute Gasteiger partial charge is 0.321 e. The summed E-state index contributed by atoms with van der Waals surface area (Å²) in [6.45, 7) is 5.18. The number of nitrogens with zero attached hydrogens (tertiary/aromatic N) is 1. The molecular formula is C20H24ClN3O5S. The van der Waals surface area contributed by atoms with Crippen molar-refractivity contribution in [3.8, 4) is 5.75 Å². The molecule has 0 atom stereocenters. The molecule has 0 aromatic heterocycles. The van der Waals surface area contributed by atoms with Crippen LogP contribution in [0.25, 0.3) is 0 Å². The Morgan fingerprint density at radius 3 is 2.57 bits per heavy atom. The maximum absolute atomic E-state index is 12.8. The Balaban J connectivity index is 1.62. The van der Waals surface area contributed by atoms with Crippen LogP contribution in [0.15, 0.2) is 41.3 Å². The largest absolute Gasteiger partial charge is 0.473 e. The number of hydrogen-bond acceptors (Lipinski definition) is 5. The number of rotatable bonds is 6. The molecule has 10 heteroatoms. The fraction of sp³-hybridized carbons (Fsp3) is 0.350. The highest BCUT2D eigenvalue weighted by Gasteiger charge is 2.27. The van der Waals surface area contributed by atoms with Crippen LogP contribution in [0.5, 0.6) is 5.75 Å². The van der Waals surface area contributed by atoms with E-state index < -0.39 is 16.1 Å². The number of carbonyl (C=O) groups is 1. The van der Waals surface area contributed by atoms with E-state index >= 15 is 0 Å². The van der Waals surface area contributed by atoms with Crippen molar-refractivity contribution >= 4 is 33.3 Å². The van der Waals surface area contributed by atoms with E-state index in [1.165, 1.54) is 22.5 Å². The number of aryl methyl sites for hydroxylation is 2. The summed E-state index contributed by atoms with van der Waals surface area (Å²) in [7, 11) is -3.70. The first-order valence-electron chi connectivity index (χ1n) is 9.40. The van der Waals surface area contributed by atoms with Crippen LogP contribution >= 0.6 is 11.6 Å². The Bertz CT molecular complexity index is 1020. The van der Waals surface area contributed by atoms with Gasteiger partial charge in [0, 0.05) is 13.1 Å². The minimum atomic E-state index is -3.70. The molecule has 8 nitrogen and oxygen atoms in total. The first-order valence-corrected chi connectivity index (χ1v) is 11.2. The Morgan fingerprint density at radius 2 is 1.87 bits per heavy atom. The average Bonchev–Trinajstić information content (AvgIpc) is 2.73. The van der Waals surface area contributed by atoms with Crippen LogP contribution in [0, 0.1) is 13.8 Å². The van der Waals surface area contributed by atoms with Crippen molar-refractivity contribution in [2.24, 2.45) is 0 Å². The Hall–Kier alpha value is -2.33. The van der Waals surface area contributed by atoms with Crippen LogP contribution in [0.2, 0.25) is 5.02 Å². The minimum absolute atomic E-state index is 0.0514. The van der Waals surface area contributed by atoms with Gasteiger partial charge in [0.05, 0.1) is 28.8 Å². The number of nitrogens with one attached hydrogen (secondary N) is 2. The van der Waals surface area contributed by atoms with E-state index in [9.17, 15) is 13.2 Å². The number of benzene rings is 2. The summed E-state index contributed by atoms with van der Waals surface area (Å²) < 4.78 is 37.7. The van der Waals surface area contributed by atoms with Crippen molar-refractivity contribution in [3.63, 3.8) is 0 Å². The van der Waals surface area contributed by atoms with Crippen molar-refractivity contribution in [3.05, 3.63) is 52.5 Å². The summed E-state index contributed by atoms with van der Waals surface area (Å²) in [6, 6.07) is 9.27. The number of halogens is 1. The molecule has 1 aliphatic heterocycles. The molecule has 162 valence electrons. The van der Waals surface area contributed by atoms with Crippen LogP contribution < -0.4 is 15.4 Å². The van der Waals surface area contributed by atoms with Gasteiger partial charge in [-0.1, -0.05) is 17.7 Å². The molecule has 2 aromatic rings. The van der Waals surface area contributed by atoms with Gasteiger partial charge in [-0.05, 0) is 55.3 Å². The topological polar surface area (TPSA) is 97.0 Å². The van der Waals surface area contributed by atoms with Crippen LogP contribution in [0.4, 0.5) is 10.5 Å². The summed E-state index contributed by atoms with van der Waals surface area (Å²) in [4.78, 5) is 12.3. The average molecular weight is 454 g/mol. The molecule has 0 unspecified atom stereocenters. The normalized spacial score (nSPS) is 14.9. The van der Waals surface area contributed by atoms with Crippen molar-refractivity contribution in [1.29, 1.82) is 0 Å². The third-order valence-electron chi connectivity index (χ3n) is 4.74. The minimum Gasteiger partial charge on any atom is -0.473 e. The third kappa shape index (κ3) is 5.42. The third-order valence-corrected chi connectivity index (χ3v) is 6.97. The van der Waals surface area contributed by atoms with Gasteiger partial charge < -0.3 is 20.1 Å². The van der Waals surface area contributed by atoms with Gasteiger partial charge in [0.1, 0.15) is 5.75 Å². The molecule has 0 saturated carbocycles. The quantitative estimate of drug-likeness (QED) is 0.655. The van der Waals surface area contributed by atoms with E-state index in [4.69, 9.17) is 21.1 Å². The zero-order valence-electron chi connectivity index (χ0n) is 16.8. The summed E-state index contributed by atoms with van der Waals surface area (Å²) in [5.74, 6) is 0.634. The Labute approximate surface area is 181 Å². The van der Waals surface area contributed by atoms with Crippen molar-refractivity contribution < 1.29 is 22.7 Å². The van der Waals surface area contributed by atoms with E-state index in [0.29, 0.717) is 19.0 Å². The van der Waals surface area contributed by atoms with Crippen LogP contribution in [0.1, 0.15) is 11.1 Å². The SMILES string of the molecule is Cc1ccc(OCNC(=O)Nc2cc(S(=O)(=O)N3CCOCC3)ccc2Cl)cc1C. The van der Waals surface area contributed by atoms with Gasteiger partial charge in [0.2, 0.25) is 10.0 Å². The highest BCUT2D eigenvalue weighted by atomic mass is 35.5. The van der Waals surface area contributed by atoms with Crippen LogP contribution in [0.3, 0.4) is 0 Å². The van der Waals surface area contributed by atoms with Gasteiger partial charge in [-0.2, -0.15) is 4.31 Å². The fourth-order valence-electron chi connectivity index (χ4n) is 2.85. The predicted octanol–water partition coefficient (Wildman–Crippen LogP) is 3.14. The fourth-order valence-corrected chi connectivity index (χ4v) is 4.45. The van der Waals surface area contributed by atoms with Crippen LogP contribution in [-0.2, 0) is 14.8 Å². The summed E-state index contributed by atoms with van der Waals surface area (Å²) in [5, 5.41) is 5.34. The van der Waals surface area contributed by atoms with E-state index in [-0.39, 0.29) is 35.4 Å². The zero-order valence-corrected chi connectivity index (χ0v) is 18.3. The molecular weight excluding hydrogens is 430 g/mol. The van der Waals surface area contributed by atoms with Crippen molar-refractivity contribution in [1.82, 2.24) is 9.62 Å². The number of anilines is 1. The van der Waals surface area contributed by atoms with Gasteiger partial charge >= 0.3 is 6.03 Å². The van der Waals surface area contributed by atoms with Gasteiger partial charge in [-0.3, -0.25) is 0 Å². The summed E-state index contributed by atoms with van der Waals surface area (Å²) in [6.07, 6.45) is 0. The Morgan fingerprint density at radius 1 is 1.13 bits per heavy atom. The summed E-state index contributed by atoms with van der Waals surface area (Å²) >= 11 is 6.14. The van der Waals surface area contributed by atoms with Gasteiger partial charge in [0.25, 0.3) is 0 Å². The number of ether oxygens (including phenoxy) is 2. The second kappa shape index (κ2) is 9.65. The second-order valence-corrected chi connectivity index (χ2v) is 9.17. The second-order valence-electron chi connectivity index (χ2n) is 6.82. The first-order chi connectivity index (χ1) is 14.3. The number of sulfonamides is 1. The molecule has 2 amide bonds. The number of urea groups is 1. The lowest BCUT2D eigenvalue weighted by molar-refractivity contribution is 0.0730. The molecule has 1 saturated heterocycles. The Kier molecular flexibility index (Phi) is 7.19. The number of amides is 2. The van der Waals surface area contributed by atoms with Gasteiger partial charge in [0.15, 0.2) is 6.73 Å². The van der Waals surface area contributed by atoms with Gasteiger partial charge in [-0.25, -0.2) is 13.2 Å². The number of carbonyl (C=O) groups excluding carboxylic acids is 1. The molecule has 0 spiro atoms.